The first kappa shape index (κ1) is 16.2. The largest absolute Gasteiger partial charge is 0.248 e. The molecule has 0 aliphatic rings. The predicted octanol–water partition coefficient (Wildman–Crippen LogP) is 7.48. The van der Waals surface area contributed by atoms with Crippen molar-refractivity contribution < 1.29 is 0 Å². The minimum absolute atomic E-state index is 0.971. The van der Waals surface area contributed by atoms with Gasteiger partial charge in [-0.25, -0.2) is 4.98 Å². The number of halogens is 1. The summed E-state index contributed by atoms with van der Waals surface area (Å²) in [5.41, 5.74) is 4.19. The van der Waals surface area contributed by atoms with E-state index in [1.54, 1.807) is 0 Å². The normalized spacial score (nSPS) is 11.1. The number of benzene rings is 4. The molecule has 4 aromatic carbocycles. The molecule has 0 spiro atoms. The van der Waals surface area contributed by atoms with Crippen LogP contribution in [0.15, 0.2) is 102 Å². The highest BCUT2D eigenvalue weighted by atomic mass is 79.9. The number of aromatic nitrogens is 1. The number of nitrogens with zero attached hydrogens (tertiary/aromatic N) is 1. The van der Waals surface area contributed by atoms with Crippen LogP contribution < -0.4 is 0 Å². The SMILES string of the molecule is Brc1cc(-c2ccc3ccccc3c2)nc(-c2ccc3ccccc3c2)c1. The highest BCUT2D eigenvalue weighted by Gasteiger charge is 2.08. The molecule has 0 aliphatic carbocycles. The molecule has 0 fully saturated rings. The molecule has 1 heterocycles. The molecule has 0 N–H and O–H groups in total. The van der Waals surface area contributed by atoms with Crippen LogP contribution in [0.1, 0.15) is 0 Å². The van der Waals surface area contributed by atoms with E-state index < -0.39 is 0 Å². The second kappa shape index (κ2) is 6.64. The standard InChI is InChI=1S/C25H16BrN/c26-23-15-24(21-11-9-17-5-1-3-7-19(17)13-21)27-25(16-23)22-12-10-18-6-2-4-8-20(18)14-22/h1-16H. The quantitative estimate of drug-likeness (QED) is 0.294. The van der Waals surface area contributed by atoms with Crippen molar-refractivity contribution >= 4 is 37.5 Å². The Morgan fingerprint density at radius 3 is 1.41 bits per heavy atom. The van der Waals surface area contributed by atoms with Crippen LogP contribution in [-0.2, 0) is 0 Å². The lowest BCUT2D eigenvalue weighted by atomic mass is 10.0. The Hall–Kier alpha value is -2.97. The summed E-state index contributed by atoms with van der Waals surface area (Å²) in [5, 5.41) is 4.94. The van der Waals surface area contributed by atoms with Gasteiger partial charge in [-0.1, -0.05) is 88.7 Å². The van der Waals surface area contributed by atoms with Gasteiger partial charge in [0.05, 0.1) is 11.4 Å². The molecule has 0 bridgehead atoms. The lowest BCUT2D eigenvalue weighted by molar-refractivity contribution is 1.32. The van der Waals surface area contributed by atoms with Crippen LogP contribution in [0, 0.1) is 0 Å². The summed E-state index contributed by atoms with van der Waals surface area (Å²) in [4.78, 5) is 4.96. The van der Waals surface area contributed by atoms with E-state index in [1.165, 1.54) is 21.5 Å². The molecule has 5 rings (SSSR count). The van der Waals surface area contributed by atoms with Gasteiger partial charge in [0, 0.05) is 15.6 Å². The van der Waals surface area contributed by atoms with Crippen LogP contribution in [0.5, 0.6) is 0 Å². The van der Waals surface area contributed by atoms with Crippen molar-refractivity contribution in [2.75, 3.05) is 0 Å². The summed E-state index contributed by atoms with van der Waals surface area (Å²) in [6.07, 6.45) is 0. The van der Waals surface area contributed by atoms with E-state index in [1.807, 2.05) is 0 Å². The van der Waals surface area contributed by atoms with E-state index in [4.69, 9.17) is 4.98 Å². The molecular weight excluding hydrogens is 394 g/mol. The molecule has 128 valence electrons. The summed E-state index contributed by atoms with van der Waals surface area (Å²) in [5.74, 6) is 0. The minimum atomic E-state index is 0.971. The van der Waals surface area contributed by atoms with Gasteiger partial charge in [0.15, 0.2) is 0 Å². The van der Waals surface area contributed by atoms with Crippen LogP contribution in [0.3, 0.4) is 0 Å². The van der Waals surface area contributed by atoms with Crippen LogP contribution in [-0.4, -0.2) is 4.98 Å². The van der Waals surface area contributed by atoms with Gasteiger partial charge in [0.25, 0.3) is 0 Å². The van der Waals surface area contributed by atoms with E-state index in [2.05, 4.69) is 113 Å². The Kier molecular flexibility index (Phi) is 3.99. The third-order valence-corrected chi connectivity index (χ3v) is 5.34. The molecule has 1 nitrogen and oxygen atoms in total. The smallest absolute Gasteiger partial charge is 0.0720 e. The average Bonchev–Trinajstić information content (AvgIpc) is 2.72. The Balaban J connectivity index is 1.64. The molecule has 0 amide bonds. The van der Waals surface area contributed by atoms with Crippen molar-refractivity contribution in [3.63, 3.8) is 0 Å². The van der Waals surface area contributed by atoms with E-state index in [0.717, 1.165) is 27.0 Å². The second-order valence-electron chi connectivity index (χ2n) is 6.68. The summed E-state index contributed by atoms with van der Waals surface area (Å²) in [6, 6.07) is 34.0. The van der Waals surface area contributed by atoms with Crippen molar-refractivity contribution in [3.8, 4) is 22.5 Å². The summed E-state index contributed by atoms with van der Waals surface area (Å²) >= 11 is 3.67. The number of rotatable bonds is 2. The predicted molar refractivity (Wildman–Crippen MR) is 118 cm³/mol. The fourth-order valence-corrected chi connectivity index (χ4v) is 3.92. The van der Waals surface area contributed by atoms with Gasteiger partial charge < -0.3 is 0 Å². The van der Waals surface area contributed by atoms with Gasteiger partial charge in [0.1, 0.15) is 0 Å². The first-order valence-corrected chi connectivity index (χ1v) is 9.71. The lowest BCUT2D eigenvalue weighted by Crippen LogP contribution is -1.89. The van der Waals surface area contributed by atoms with Crippen LogP contribution in [0.25, 0.3) is 44.1 Å². The van der Waals surface area contributed by atoms with E-state index >= 15 is 0 Å². The maximum atomic E-state index is 4.96. The summed E-state index contributed by atoms with van der Waals surface area (Å²) < 4.78 is 1.03. The van der Waals surface area contributed by atoms with Crippen LogP contribution in [0.4, 0.5) is 0 Å². The monoisotopic (exact) mass is 409 g/mol. The Morgan fingerprint density at radius 2 is 0.926 bits per heavy atom. The molecule has 0 atom stereocenters. The van der Waals surface area contributed by atoms with Crippen molar-refractivity contribution in [2.24, 2.45) is 0 Å². The topological polar surface area (TPSA) is 12.9 Å². The second-order valence-corrected chi connectivity index (χ2v) is 7.60. The summed E-state index contributed by atoms with van der Waals surface area (Å²) in [7, 11) is 0. The Labute approximate surface area is 166 Å². The molecule has 0 saturated carbocycles. The highest BCUT2D eigenvalue weighted by Crippen LogP contribution is 2.30. The Bertz CT molecular complexity index is 1190. The van der Waals surface area contributed by atoms with Gasteiger partial charge in [-0.3, -0.25) is 0 Å². The first-order chi connectivity index (χ1) is 13.3. The van der Waals surface area contributed by atoms with E-state index in [9.17, 15) is 0 Å². The zero-order chi connectivity index (χ0) is 18.2. The van der Waals surface area contributed by atoms with Crippen molar-refractivity contribution in [2.45, 2.75) is 0 Å². The average molecular weight is 410 g/mol. The summed E-state index contributed by atoms with van der Waals surface area (Å²) in [6.45, 7) is 0. The molecule has 0 aliphatic heterocycles. The van der Waals surface area contributed by atoms with Crippen LogP contribution in [0.2, 0.25) is 0 Å². The zero-order valence-electron chi connectivity index (χ0n) is 14.6. The maximum Gasteiger partial charge on any atom is 0.0720 e. The Morgan fingerprint density at radius 1 is 0.481 bits per heavy atom. The molecule has 0 radical (unpaired) electrons. The van der Waals surface area contributed by atoms with E-state index in [0.29, 0.717) is 0 Å². The molecule has 2 heteroatoms. The number of pyridine rings is 1. The maximum absolute atomic E-state index is 4.96. The van der Waals surface area contributed by atoms with Crippen molar-refractivity contribution in [1.29, 1.82) is 0 Å². The molecule has 5 aromatic rings. The molecule has 27 heavy (non-hydrogen) atoms. The fourth-order valence-electron chi connectivity index (χ4n) is 3.49. The van der Waals surface area contributed by atoms with E-state index in [-0.39, 0.29) is 0 Å². The van der Waals surface area contributed by atoms with Crippen molar-refractivity contribution in [1.82, 2.24) is 4.98 Å². The molecule has 0 unspecified atom stereocenters. The first-order valence-electron chi connectivity index (χ1n) is 8.92. The fraction of sp³-hybridized carbons (Fsp3) is 0. The third kappa shape index (κ3) is 3.13. The van der Waals surface area contributed by atoms with Gasteiger partial charge in [0.2, 0.25) is 0 Å². The molecular formula is C25H16BrN. The number of hydrogen-bond acceptors (Lipinski definition) is 1. The third-order valence-electron chi connectivity index (χ3n) is 4.88. The lowest BCUT2D eigenvalue weighted by Gasteiger charge is -2.09. The van der Waals surface area contributed by atoms with Gasteiger partial charge in [-0.15, -0.1) is 0 Å². The number of fused-ring (bicyclic) bond motifs is 2. The number of hydrogen-bond donors (Lipinski definition) is 0. The van der Waals surface area contributed by atoms with Crippen LogP contribution >= 0.6 is 15.9 Å². The van der Waals surface area contributed by atoms with Crippen molar-refractivity contribution in [3.05, 3.63) is 102 Å². The van der Waals surface area contributed by atoms with Gasteiger partial charge in [-0.2, -0.15) is 0 Å². The van der Waals surface area contributed by atoms with Gasteiger partial charge in [-0.05, 0) is 45.8 Å². The van der Waals surface area contributed by atoms with Gasteiger partial charge >= 0.3 is 0 Å². The highest BCUT2D eigenvalue weighted by molar-refractivity contribution is 9.10. The molecule has 0 saturated heterocycles. The minimum Gasteiger partial charge on any atom is -0.248 e. The molecule has 1 aromatic heterocycles. The zero-order valence-corrected chi connectivity index (χ0v) is 16.1.